The zero-order valence-electron chi connectivity index (χ0n) is 27.4. The number of likely N-dealkylation sites (N-methyl/N-ethyl adjacent to an activating group) is 1. The van der Waals surface area contributed by atoms with Crippen LogP contribution in [0.2, 0.25) is 0 Å². The summed E-state index contributed by atoms with van der Waals surface area (Å²) in [5.74, 6) is -40.0. The summed E-state index contributed by atoms with van der Waals surface area (Å²) >= 11 is 0. The zero-order chi connectivity index (χ0) is 42.4. The van der Waals surface area contributed by atoms with Crippen LogP contribution in [0.4, 0.5) is 4.39 Å². The lowest BCUT2D eigenvalue weighted by Crippen LogP contribution is -2.85. The number of phenols is 2. The van der Waals surface area contributed by atoms with E-state index in [4.69, 9.17) is 23.5 Å². The Balaban J connectivity index is 1.99. The Bertz CT molecular complexity index is 1920. The molecule has 17 N–H and O–H groups in total. The van der Waals surface area contributed by atoms with Crippen molar-refractivity contribution < 1.29 is 110 Å². The number of nitrogens with one attached hydrogen (secondary N) is 2. The number of rotatable bonds is 10. The Hall–Kier alpha value is -4.43. The maximum Gasteiger partial charge on any atom is 0.359 e. The number of aliphatic hydroxyl groups excluding tert-OH is 2. The van der Waals surface area contributed by atoms with E-state index in [0.717, 1.165) is 7.05 Å². The molecule has 4 atom stereocenters. The average Bonchev–Trinajstić information content (AvgIpc) is 3.45. The predicted octanol–water partition coefficient (Wildman–Crippen LogP) is -9.31. The molecule has 0 aliphatic carbocycles. The molecule has 6 radical (unpaired) electrons. The molecule has 4 rings (SSSR count). The van der Waals surface area contributed by atoms with Gasteiger partial charge in [-0.2, -0.15) is 9.78 Å². The number of aromatic hydroxyl groups is 2. The van der Waals surface area contributed by atoms with Crippen LogP contribution in [0.3, 0.4) is 0 Å². The van der Waals surface area contributed by atoms with E-state index in [2.05, 4.69) is 26.4 Å². The van der Waals surface area contributed by atoms with E-state index in [1.165, 1.54) is 5.32 Å². The first kappa shape index (κ1) is 43.3. The summed E-state index contributed by atoms with van der Waals surface area (Å²) in [6, 6.07) is -2.00. The number of carbonyl (C=O) groups excluding carboxylic acids is 3. The minimum Gasteiger partial charge on any atom is -0.508 e. The molecule has 1 aromatic carbocycles. The number of amides is 2. The number of fused-ring (bicyclic) bond motifs is 1. The van der Waals surface area contributed by atoms with Gasteiger partial charge in [-0.3, -0.25) is 19.2 Å². The first-order valence-corrected chi connectivity index (χ1v) is 14.6. The Labute approximate surface area is 308 Å². The Morgan fingerprint density at radius 3 is 2.11 bits per heavy atom. The molecule has 3 saturated heterocycles. The number of carbonyl (C=O) groups is 3. The number of aldehydes is 1. The molecule has 3 heterocycles. The molecule has 2 amide bonds. The van der Waals surface area contributed by atoms with Crippen LogP contribution in [0, 0.1) is 5.82 Å². The molecule has 0 spiro atoms. The van der Waals surface area contributed by atoms with Crippen LogP contribution in [-0.2, 0) is 40.4 Å². The summed E-state index contributed by atoms with van der Waals surface area (Å²) in [7, 11) is 17.8. The number of nitrogens with zero attached hydrogens (tertiary/aromatic N) is 2. The van der Waals surface area contributed by atoms with Gasteiger partial charge >= 0.3 is 29.7 Å². The van der Waals surface area contributed by atoms with Gasteiger partial charge in [0.1, 0.15) is 56.4 Å². The third-order valence-electron chi connectivity index (χ3n) is 8.33. The number of hydrogen-bond acceptors (Lipinski definition) is 23. The topological polar surface area (TPSA) is 413 Å². The Kier molecular flexibility index (Phi) is 10.5. The fourth-order valence-corrected chi connectivity index (χ4v) is 5.78. The summed E-state index contributed by atoms with van der Waals surface area (Å²) in [6.07, 6.45) is -0.872. The minimum absolute atomic E-state index is 0.0940. The molecule has 55 heavy (non-hydrogen) atoms. The number of benzene rings is 1. The summed E-state index contributed by atoms with van der Waals surface area (Å²) < 4.78 is 20.3. The van der Waals surface area contributed by atoms with E-state index in [1.54, 1.807) is 0 Å². The lowest BCUT2D eigenvalue weighted by molar-refractivity contribution is -0.660. The largest absolute Gasteiger partial charge is 0.508 e. The van der Waals surface area contributed by atoms with Gasteiger partial charge in [-0.15, -0.1) is 11.5 Å². The van der Waals surface area contributed by atoms with Crippen LogP contribution in [-0.4, -0.2) is 171 Å². The third-order valence-corrected chi connectivity index (χ3v) is 8.33. The number of allylic oxidation sites excluding steroid dienone is 1. The standard InChI is InChI=1S/C26H28B3FN4O21/c1-6(27)14(36)8-9(21(43,44)33(19(8)41)7(4-3-5-35)17(39)31-2)18(40)32-20(29,42)10-12(28)16(38)15(37)11(13(10)30)22(45)34-23(46,47)25(49,50)53-26(51,52)24(34,48)55-54-22/h5,7,32,36-38,40,42-52H,1,3-4H2,2H3,(H,31,39)/b14-8-,18-9+. The monoisotopic (exact) mass is 784 g/mol. The molecular formula is C26H28B3FN4O21. The number of morpholine rings is 1. The van der Waals surface area contributed by atoms with Crippen LogP contribution in [0.1, 0.15) is 24.0 Å². The predicted molar refractivity (Wildman–Crippen MR) is 165 cm³/mol. The lowest BCUT2D eigenvalue weighted by Gasteiger charge is -2.54. The number of aliphatic hydroxyl groups is 13. The fraction of sp³-hybridized carbons (Fsp3) is 0.423. The zero-order valence-corrected chi connectivity index (χ0v) is 27.4. The van der Waals surface area contributed by atoms with Crippen LogP contribution in [0.25, 0.3) is 0 Å². The van der Waals surface area contributed by atoms with Gasteiger partial charge in [0.05, 0.1) is 5.57 Å². The summed E-state index contributed by atoms with van der Waals surface area (Å²) in [5.41, 5.74) is -13.7. The molecule has 3 fully saturated rings. The molecule has 1 aromatic rings. The van der Waals surface area contributed by atoms with Gasteiger partial charge < -0.3 is 92.0 Å². The van der Waals surface area contributed by atoms with Crippen molar-refractivity contribution in [2.24, 2.45) is 0 Å². The maximum absolute atomic E-state index is 16.6. The SMILES string of the molecule is [B]C(=C)/C(O)=C1/C(=O)N(C(CCC=O)C(=O)NC)C(O)(O)/C1=C(/O)NC([B])(O)c1c([B])c(O)c(O)c(C2(O)OOC3(O)N2C(O)(O)C(O)(O)OC3(O)O)c1F. The second-order valence-electron chi connectivity index (χ2n) is 11.9. The number of ether oxygens (including phenoxy) is 1. The molecule has 3 aliphatic heterocycles. The van der Waals surface area contributed by atoms with Crippen molar-refractivity contribution in [1.82, 2.24) is 20.4 Å². The smallest absolute Gasteiger partial charge is 0.359 e. The summed E-state index contributed by atoms with van der Waals surface area (Å²) in [5, 5.41) is 163. The second kappa shape index (κ2) is 13.4. The van der Waals surface area contributed by atoms with Crippen molar-refractivity contribution in [2.75, 3.05) is 7.05 Å². The Morgan fingerprint density at radius 1 is 1.04 bits per heavy atom. The molecule has 3 aliphatic rings. The van der Waals surface area contributed by atoms with E-state index in [-0.39, 0.29) is 11.2 Å². The molecule has 0 bridgehead atoms. The van der Waals surface area contributed by atoms with Crippen molar-refractivity contribution in [3.05, 3.63) is 51.8 Å². The second-order valence-corrected chi connectivity index (χ2v) is 11.9. The fourth-order valence-electron chi connectivity index (χ4n) is 5.78. The van der Waals surface area contributed by atoms with Gasteiger partial charge in [0.2, 0.25) is 5.91 Å². The summed E-state index contributed by atoms with van der Waals surface area (Å²) in [6.45, 7) is 3.15. The van der Waals surface area contributed by atoms with Crippen LogP contribution in [0.15, 0.2) is 34.8 Å². The molecule has 0 saturated carbocycles. The Morgan fingerprint density at radius 2 is 1.60 bits per heavy atom. The van der Waals surface area contributed by atoms with Crippen LogP contribution >= 0.6 is 0 Å². The highest BCUT2D eigenvalue weighted by molar-refractivity contribution is 6.37. The van der Waals surface area contributed by atoms with Crippen molar-refractivity contribution in [3.63, 3.8) is 0 Å². The van der Waals surface area contributed by atoms with E-state index in [0.29, 0.717) is 0 Å². The molecular weight excluding hydrogens is 756 g/mol. The average molecular weight is 784 g/mol. The molecule has 29 heteroatoms. The first-order chi connectivity index (χ1) is 24.9. The van der Waals surface area contributed by atoms with E-state index >= 15 is 4.39 Å². The van der Waals surface area contributed by atoms with Gasteiger partial charge in [-0.1, -0.05) is 5.47 Å². The number of hydrogen-bond donors (Lipinski definition) is 17. The van der Waals surface area contributed by atoms with Gasteiger partial charge in [0.25, 0.3) is 11.8 Å². The van der Waals surface area contributed by atoms with Crippen molar-refractivity contribution in [3.8, 4) is 11.5 Å². The third kappa shape index (κ3) is 6.10. The molecule has 4 unspecified atom stereocenters. The van der Waals surface area contributed by atoms with Crippen molar-refractivity contribution >= 4 is 47.1 Å². The van der Waals surface area contributed by atoms with Gasteiger partial charge in [-0.25, -0.2) is 4.39 Å². The highest BCUT2D eigenvalue weighted by Gasteiger charge is 2.85. The van der Waals surface area contributed by atoms with Crippen molar-refractivity contribution in [2.45, 2.75) is 60.1 Å². The van der Waals surface area contributed by atoms with E-state index in [1.807, 2.05) is 0 Å². The molecule has 0 aromatic heterocycles. The number of phenolic OH excluding ortho intramolecular Hbond substituents is 2. The van der Waals surface area contributed by atoms with E-state index in [9.17, 15) is 91.0 Å². The quantitative estimate of drug-likeness (QED) is 0.0199. The maximum atomic E-state index is 16.6. The first-order valence-electron chi connectivity index (χ1n) is 14.6. The van der Waals surface area contributed by atoms with Crippen LogP contribution in [0.5, 0.6) is 11.5 Å². The molecule has 294 valence electrons. The van der Waals surface area contributed by atoms with Gasteiger partial charge in [0.15, 0.2) is 25.2 Å². The van der Waals surface area contributed by atoms with Crippen LogP contribution < -0.4 is 16.1 Å². The molecule has 25 nitrogen and oxygen atoms in total. The highest BCUT2D eigenvalue weighted by atomic mass is 19.1. The van der Waals surface area contributed by atoms with Gasteiger partial charge in [-0.05, 0) is 11.9 Å². The lowest BCUT2D eigenvalue weighted by atomic mass is 9.74. The van der Waals surface area contributed by atoms with Gasteiger partial charge in [0, 0.05) is 19.0 Å². The number of halogens is 1. The normalized spacial score (nSPS) is 28.8. The summed E-state index contributed by atoms with van der Waals surface area (Å²) in [4.78, 5) is 44.3. The highest BCUT2D eigenvalue weighted by Crippen LogP contribution is 2.56. The number of likely N-dealkylation sites (tertiary alicyclic amines) is 1. The van der Waals surface area contributed by atoms with Crippen molar-refractivity contribution in [1.29, 1.82) is 0 Å². The minimum atomic E-state index is -4.85. The van der Waals surface area contributed by atoms with E-state index < -0.39 is 139 Å².